The largest absolute Gasteiger partial charge is 0.484 e. The number of aliphatic hydroxyl groups is 1. The molecular weight excluding hydrogens is 306 g/mol. The first-order chi connectivity index (χ1) is 11.4. The average Bonchev–Trinajstić information content (AvgIpc) is 3.19. The number of amides is 1. The normalized spacial score (nSPS) is 15.6. The Morgan fingerprint density at radius 2 is 2.21 bits per heavy atom. The number of ether oxygens (including phenoxy) is 1. The van der Waals surface area contributed by atoms with Gasteiger partial charge in [-0.25, -0.2) is 0 Å². The Labute approximate surface area is 141 Å². The van der Waals surface area contributed by atoms with Gasteiger partial charge in [-0.05, 0) is 49.4 Å². The van der Waals surface area contributed by atoms with Crippen molar-refractivity contribution in [2.75, 3.05) is 13.2 Å². The van der Waals surface area contributed by atoms with Crippen LogP contribution in [0.5, 0.6) is 5.75 Å². The summed E-state index contributed by atoms with van der Waals surface area (Å²) in [4.78, 5) is 12.0. The van der Waals surface area contributed by atoms with Gasteiger partial charge in [-0.2, -0.15) is 5.10 Å². The van der Waals surface area contributed by atoms with Gasteiger partial charge in [-0.15, -0.1) is 0 Å². The number of aryl methyl sites for hydroxylation is 3. The van der Waals surface area contributed by atoms with E-state index in [2.05, 4.69) is 16.5 Å². The second-order valence-electron chi connectivity index (χ2n) is 6.53. The fraction of sp³-hybridized carbons (Fsp3) is 0.444. The van der Waals surface area contributed by atoms with Crippen LogP contribution in [0.15, 0.2) is 30.6 Å². The number of fused-ring (bicyclic) bond motifs is 1. The Balaban J connectivity index is 1.49. The number of carbonyl (C=O) groups excluding carboxylic acids is 1. The van der Waals surface area contributed by atoms with Crippen LogP contribution in [0.4, 0.5) is 0 Å². The number of hydrogen-bond donors (Lipinski definition) is 2. The second kappa shape index (κ2) is 6.65. The van der Waals surface area contributed by atoms with Crippen LogP contribution in [0, 0.1) is 0 Å². The zero-order valence-electron chi connectivity index (χ0n) is 14.1. The molecule has 0 radical (unpaired) electrons. The monoisotopic (exact) mass is 329 g/mol. The highest BCUT2D eigenvalue weighted by atomic mass is 16.5. The Morgan fingerprint density at radius 3 is 2.96 bits per heavy atom. The fourth-order valence-electron chi connectivity index (χ4n) is 2.91. The summed E-state index contributed by atoms with van der Waals surface area (Å²) < 4.78 is 7.17. The maximum absolute atomic E-state index is 12.0. The van der Waals surface area contributed by atoms with Crippen molar-refractivity contribution in [3.63, 3.8) is 0 Å². The van der Waals surface area contributed by atoms with Gasteiger partial charge in [-0.3, -0.25) is 9.48 Å². The highest BCUT2D eigenvalue weighted by molar-refractivity contribution is 5.77. The van der Waals surface area contributed by atoms with E-state index in [0.29, 0.717) is 11.3 Å². The summed E-state index contributed by atoms with van der Waals surface area (Å²) in [5.41, 5.74) is 2.17. The molecule has 128 valence electrons. The maximum Gasteiger partial charge on any atom is 0.258 e. The van der Waals surface area contributed by atoms with Gasteiger partial charge in [0, 0.05) is 18.8 Å². The van der Waals surface area contributed by atoms with E-state index in [1.807, 2.05) is 12.1 Å². The Kier molecular flexibility index (Phi) is 4.57. The second-order valence-corrected chi connectivity index (χ2v) is 6.53. The number of benzene rings is 1. The smallest absolute Gasteiger partial charge is 0.258 e. The molecule has 1 heterocycles. The van der Waals surface area contributed by atoms with Gasteiger partial charge in [0.15, 0.2) is 6.61 Å². The predicted octanol–water partition coefficient (Wildman–Crippen LogP) is 1.31. The number of hydrogen-bond acceptors (Lipinski definition) is 4. The zero-order chi connectivity index (χ0) is 17.2. The Hall–Kier alpha value is -2.34. The van der Waals surface area contributed by atoms with Gasteiger partial charge >= 0.3 is 0 Å². The topological polar surface area (TPSA) is 76.4 Å². The van der Waals surface area contributed by atoms with Crippen molar-refractivity contribution in [3.8, 4) is 5.75 Å². The molecule has 0 bridgehead atoms. The Bertz CT molecular complexity index is 737. The minimum Gasteiger partial charge on any atom is -0.484 e. The van der Waals surface area contributed by atoms with Gasteiger partial charge in [0.25, 0.3) is 5.91 Å². The van der Waals surface area contributed by atoms with Crippen molar-refractivity contribution in [1.82, 2.24) is 15.1 Å². The molecule has 0 spiro atoms. The third-order valence-corrected chi connectivity index (χ3v) is 4.40. The van der Waals surface area contributed by atoms with E-state index in [4.69, 9.17) is 4.74 Å². The molecule has 0 saturated carbocycles. The molecule has 24 heavy (non-hydrogen) atoms. The molecule has 2 N–H and O–H groups in total. The molecule has 1 aromatic heterocycles. The van der Waals surface area contributed by atoms with Gasteiger partial charge < -0.3 is 15.2 Å². The van der Waals surface area contributed by atoms with Crippen LogP contribution < -0.4 is 10.1 Å². The van der Waals surface area contributed by atoms with Crippen LogP contribution in [0.1, 0.15) is 30.0 Å². The molecule has 2 aromatic rings. The summed E-state index contributed by atoms with van der Waals surface area (Å²) in [6, 6.07) is 5.99. The van der Waals surface area contributed by atoms with Crippen LogP contribution in [0.3, 0.4) is 0 Å². The van der Waals surface area contributed by atoms with Crippen LogP contribution in [-0.4, -0.2) is 33.9 Å². The highest BCUT2D eigenvalue weighted by Crippen LogP contribution is 2.26. The molecule has 1 aromatic carbocycles. The molecule has 6 heteroatoms. The van der Waals surface area contributed by atoms with Crippen LogP contribution in [-0.2, 0) is 30.3 Å². The van der Waals surface area contributed by atoms with Crippen molar-refractivity contribution < 1.29 is 14.6 Å². The van der Waals surface area contributed by atoms with E-state index >= 15 is 0 Å². The lowest BCUT2D eigenvalue weighted by molar-refractivity contribution is -0.124. The van der Waals surface area contributed by atoms with Gasteiger partial charge in [0.1, 0.15) is 11.4 Å². The first-order valence-corrected chi connectivity index (χ1v) is 8.17. The molecule has 0 saturated heterocycles. The lowest BCUT2D eigenvalue weighted by atomic mass is 10.00. The minimum atomic E-state index is -1.17. The van der Waals surface area contributed by atoms with E-state index < -0.39 is 5.60 Å². The van der Waals surface area contributed by atoms with Gasteiger partial charge in [0.2, 0.25) is 0 Å². The molecule has 3 rings (SSSR count). The number of nitrogens with one attached hydrogen (secondary N) is 1. The number of carbonyl (C=O) groups is 1. The summed E-state index contributed by atoms with van der Waals surface area (Å²) in [6.07, 6.45) is 6.70. The van der Waals surface area contributed by atoms with E-state index in [1.54, 1.807) is 31.0 Å². The van der Waals surface area contributed by atoms with Crippen molar-refractivity contribution in [1.29, 1.82) is 0 Å². The molecule has 1 atom stereocenters. The molecule has 1 aliphatic carbocycles. The maximum atomic E-state index is 12.0. The molecule has 1 aliphatic rings. The van der Waals surface area contributed by atoms with Gasteiger partial charge in [0.05, 0.1) is 12.7 Å². The summed E-state index contributed by atoms with van der Waals surface area (Å²) in [5.74, 6) is 0.449. The molecule has 1 amide bonds. The lowest BCUT2D eigenvalue weighted by Crippen LogP contribution is -2.40. The molecule has 1 unspecified atom stereocenters. The third kappa shape index (κ3) is 3.76. The van der Waals surface area contributed by atoms with Crippen molar-refractivity contribution in [3.05, 3.63) is 47.3 Å². The summed E-state index contributed by atoms with van der Waals surface area (Å²) in [6.45, 7) is 1.68. The highest BCUT2D eigenvalue weighted by Gasteiger charge is 2.25. The number of aromatic nitrogens is 2. The number of nitrogens with zero attached hydrogens (tertiary/aromatic N) is 2. The van der Waals surface area contributed by atoms with Crippen molar-refractivity contribution >= 4 is 5.91 Å². The minimum absolute atomic E-state index is 0.0676. The summed E-state index contributed by atoms with van der Waals surface area (Å²) in [5, 5.41) is 17.2. The lowest BCUT2D eigenvalue weighted by Gasteiger charge is -2.22. The molecular formula is C18H23N3O3. The van der Waals surface area contributed by atoms with E-state index in [1.165, 1.54) is 17.5 Å². The van der Waals surface area contributed by atoms with Crippen LogP contribution in [0.25, 0.3) is 0 Å². The summed E-state index contributed by atoms with van der Waals surface area (Å²) in [7, 11) is 1.78. The first kappa shape index (κ1) is 16.5. The quantitative estimate of drug-likeness (QED) is 0.838. The van der Waals surface area contributed by atoms with E-state index in [0.717, 1.165) is 12.8 Å². The third-order valence-electron chi connectivity index (χ3n) is 4.40. The van der Waals surface area contributed by atoms with Gasteiger partial charge in [-0.1, -0.05) is 6.07 Å². The number of rotatable bonds is 6. The van der Waals surface area contributed by atoms with E-state index in [-0.39, 0.29) is 19.1 Å². The van der Waals surface area contributed by atoms with Crippen molar-refractivity contribution in [2.45, 2.75) is 31.8 Å². The molecule has 6 nitrogen and oxygen atoms in total. The van der Waals surface area contributed by atoms with Crippen molar-refractivity contribution in [2.24, 2.45) is 7.05 Å². The molecule has 0 aliphatic heterocycles. The van der Waals surface area contributed by atoms with Crippen LogP contribution in [0.2, 0.25) is 0 Å². The van der Waals surface area contributed by atoms with E-state index in [9.17, 15) is 9.90 Å². The fourth-order valence-corrected chi connectivity index (χ4v) is 2.91. The average molecular weight is 329 g/mol. The summed E-state index contributed by atoms with van der Waals surface area (Å²) >= 11 is 0. The standard InChI is InChI=1S/C18H23N3O3/c1-18(23,15-9-20-21(2)10-15)12-19-17(22)11-24-16-7-6-13-4-3-5-14(13)8-16/h6-10,23H,3-5,11-12H2,1-2H3,(H,19,22). The predicted molar refractivity (Wildman–Crippen MR) is 89.8 cm³/mol. The zero-order valence-corrected chi connectivity index (χ0v) is 14.1. The SMILES string of the molecule is Cn1cc(C(C)(O)CNC(=O)COc2ccc3c(c2)CCC3)cn1. The van der Waals surface area contributed by atoms with Crippen LogP contribution >= 0.6 is 0 Å². The first-order valence-electron chi connectivity index (χ1n) is 8.17. The molecule has 0 fully saturated rings. The Morgan fingerprint density at radius 1 is 1.42 bits per heavy atom.